The number of nitrogens with zero attached hydrogens (tertiary/aromatic N) is 6. The fourth-order valence-electron chi connectivity index (χ4n) is 9.30. The van der Waals surface area contributed by atoms with E-state index in [0.717, 1.165) is 37.1 Å². The van der Waals surface area contributed by atoms with Gasteiger partial charge in [-0.2, -0.15) is 0 Å². The fourth-order valence-corrected chi connectivity index (χ4v) is 10.2. The third-order valence-corrected chi connectivity index (χ3v) is 13.5. The molecule has 6 amide bonds. The highest BCUT2D eigenvalue weighted by molar-refractivity contribution is 7.90. The number of aromatic nitrogens is 3. The van der Waals surface area contributed by atoms with Crippen LogP contribution in [0.5, 0.6) is 11.5 Å². The molecule has 0 saturated carbocycles. The van der Waals surface area contributed by atoms with E-state index in [-0.39, 0.29) is 65.9 Å². The molecule has 5 heterocycles. The average molecular weight is 927 g/mol. The summed E-state index contributed by atoms with van der Waals surface area (Å²) in [7, 11) is -2.24. The minimum atomic E-state index is -3.71. The van der Waals surface area contributed by atoms with Crippen molar-refractivity contribution in [2.75, 3.05) is 50.7 Å². The zero-order valence-corrected chi connectivity index (χ0v) is 37.7. The van der Waals surface area contributed by atoms with Gasteiger partial charge in [-0.3, -0.25) is 43.7 Å². The van der Waals surface area contributed by atoms with Gasteiger partial charge in [0.2, 0.25) is 17.7 Å². The molecule has 4 aliphatic heterocycles. The number of halogens is 1. The molecule has 2 atom stereocenters. The summed E-state index contributed by atoms with van der Waals surface area (Å²) in [5, 5.41) is 13.6. The zero-order chi connectivity index (χ0) is 46.9. The smallest absolute Gasteiger partial charge is 0.264 e. The van der Waals surface area contributed by atoms with Crippen molar-refractivity contribution in [3.63, 3.8) is 0 Å². The van der Waals surface area contributed by atoms with Crippen molar-refractivity contribution in [1.29, 1.82) is 0 Å². The summed E-state index contributed by atoms with van der Waals surface area (Å²) in [5.41, 5.74) is 2.74. The van der Waals surface area contributed by atoms with Gasteiger partial charge < -0.3 is 24.6 Å². The van der Waals surface area contributed by atoms with Gasteiger partial charge in [0.05, 0.1) is 54.6 Å². The van der Waals surface area contributed by atoms with E-state index < -0.39 is 57.1 Å². The Balaban J connectivity index is 0.814. The number of hydrogen-bond donors (Lipinski definition) is 2. The molecule has 0 spiro atoms. The zero-order valence-electron chi connectivity index (χ0n) is 36.9. The molecule has 0 bridgehead atoms. The van der Waals surface area contributed by atoms with E-state index in [1.807, 2.05) is 6.20 Å². The predicted octanol–water partition coefficient (Wildman–Crippen LogP) is 3.81. The molecule has 18 nitrogen and oxygen atoms in total. The monoisotopic (exact) mass is 926 g/mol. The van der Waals surface area contributed by atoms with Gasteiger partial charge in [-0.1, -0.05) is 23.4 Å². The first kappa shape index (κ1) is 46.0. The normalized spacial score (nSPS) is 18.4. The minimum absolute atomic E-state index is 0.0202. The maximum atomic E-state index is 15.5. The number of nitrogens with one attached hydrogen (secondary N) is 2. The van der Waals surface area contributed by atoms with Gasteiger partial charge in [-0.25, -0.2) is 12.8 Å². The highest BCUT2D eigenvalue weighted by atomic mass is 32.2. The van der Waals surface area contributed by atoms with Crippen LogP contribution < -0.4 is 20.1 Å². The van der Waals surface area contributed by atoms with Gasteiger partial charge >= 0.3 is 0 Å². The highest BCUT2D eigenvalue weighted by Crippen LogP contribution is 2.39. The summed E-state index contributed by atoms with van der Waals surface area (Å²) in [6.45, 7) is 5.01. The molecule has 66 heavy (non-hydrogen) atoms. The number of carbonyl (C=O) groups excluding carboxylic acids is 6. The number of likely N-dealkylation sites (tertiary alicyclic amines) is 1. The van der Waals surface area contributed by atoms with Gasteiger partial charge in [0.1, 0.15) is 21.7 Å². The Hall–Kier alpha value is -6.54. The predicted molar refractivity (Wildman–Crippen MR) is 236 cm³/mol. The topological polar surface area (TPSA) is 220 Å². The van der Waals surface area contributed by atoms with E-state index in [4.69, 9.17) is 9.47 Å². The van der Waals surface area contributed by atoms with Crippen molar-refractivity contribution < 1.29 is 51.0 Å². The quantitative estimate of drug-likeness (QED) is 0.144. The molecule has 0 aliphatic carbocycles. The van der Waals surface area contributed by atoms with Crippen molar-refractivity contribution in [3.8, 4) is 11.5 Å². The van der Waals surface area contributed by atoms with Crippen LogP contribution >= 0.6 is 0 Å². The first-order valence-electron chi connectivity index (χ1n) is 22.0. The molecule has 4 aromatic rings. The number of amides is 6. The lowest BCUT2D eigenvalue weighted by Gasteiger charge is -2.32. The van der Waals surface area contributed by atoms with Gasteiger partial charge in [0, 0.05) is 43.9 Å². The standard InChI is InChI=1S/C46H51FN8O10S/c1-4-65-39-22-28(11-13-38(39)64-2)37(26-66(3,62)63)55-45(60)31-8-6-9-35(42(31)46(55)61)48-40(56)10-5-7-30-25-53(51-50-30)20-19-52-17-15-27(16-18-52)32-21-29-24-54(44(59)33(29)23-34(32)47)36-12-14-41(57)49-43(36)58/h6,8-9,11,13,21-23,25,27,36-37H,4-5,7,10,12,14-20,24,26H2,1-3H3,(H,48,56)(H,49,57,58)/t36?,37-/m1/s1. The average Bonchev–Trinajstić information content (AvgIpc) is 3.95. The number of imide groups is 2. The highest BCUT2D eigenvalue weighted by Gasteiger charge is 2.44. The van der Waals surface area contributed by atoms with Gasteiger partial charge in [-0.15, -0.1) is 5.10 Å². The molecule has 3 aromatic carbocycles. The molecule has 348 valence electrons. The third kappa shape index (κ3) is 9.69. The molecule has 1 aromatic heterocycles. The second kappa shape index (κ2) is 19.1. The van der Waals surface area contributed by atoms with Crippen LogP contribution in [0.2, 0.25) is 0 Å². The lowest BCUT2D eigenvalue weighted by molar-refractivity contribution is -0.137. The number of sulfone groups is 1. The van der Waals surface area contributed by atoms with E-state index in [0.29, 0.717) is 66.4 Å². The van der Waals surface area contributed by atoms with Crippen LogP contribution in [0, 0.1) is 5.82 Å². The minimum Gasteiger partial charge on any atom is -0.493 e. The van der Waals surface area contributed by atoms with Crippen LogP contribution in [-0.4, -0.2) is 125 Å². The molecular formula is C46H51FN8O10S. The maximum Gasteiger partial charge on any atom is 0.264 e. The Bertz CT molecular complexity index is 2720. The summed E-state index contributed by atoms with van der Waals surface area (Å²) in [5.74, 6) is -3.34. The first-order chi connectivity index (χ1) is 31.6. The van der Waals surface area contributed by atoms with Crippen LogP contribution in [0.3, 0.4) is 0 Å². The second-order valence-electron chi connectivity index (χ2n) is 17.1. The van der Waals surface area contributed by atoms with Crippen molar-refractivity contribution in [2.24, 2.45) is 0 Å². The summed E-state index contributed by atoms with van der Waals surface area (Å²) in [4.78, 5) is 82.9. The molecular weight excluding hydrogens is 876 g/mol. The number of anilines is 1. The number of aryl methyl sites for hydroxylation is 1. The van der Waals surface area contributed by atoms with Crippen LogP contribution in [0.4, 0.5) is 10.1 Å². The molecule has 20 heteroatoms. The van der Waals surface area contributed by atoms with E-state index >= 15 is 4.39 Å². The first-order valence-corrected chi connectivity index (χ1v) is 24.1. The number of hydrogen-bond acceptors (Lipinski definition) is 13. The van der Waals surface area contributed by atoms with E-state index in [2.05, 4.69) is 25.8 Å². The van der Waals surface area contributed by atoms with Crippen molar-refractivity contribution >= 4 is 51.0 Å². The largest absolute Gasteiger partial charge is 0.493 e. The summed E-state index contributed by atoms with van der Waals surface area (Å²) < 4.78 is 53.5. The number of piperidine rings is 2. The Labute approximate surface area is 380 Å². The molecule has 2 saturated heterocycles. The lowest BCUT2D eigenvalue weighted by Crippen LogP contribution is -2.52. The fraction of sp³-hybridized carbons (Fsp3) is 0.435. The Morgan fingerprint density at radius 3 is 2.48 bits per heavy atom. The molecule has 4 aliphatic rings. The number of fused-ring (bicyclic) bond motifs is 2. The van der Waals surface area contributed by atoms with Crippen molar-refractivity contribution in [2.45, 2.75) is 83.0 Å². The van der Waals surface area contributed by atoms with Gasteiger partial charge in [0.15, 0.2) is 11.5 Å². The number of methoxy groups -OCH3 is 1. The number of rotatable bonds is 17. The SMILES string of the molecule is CCOc1cc([C@@H](CS(C)(=O)=O)N2C(=O)c3cccc(NC(=O)CCCc4cn(CCN5CCC(c6cc7c(cc6F)C(=O)N(C6CCC(=O)NC6=O)C7)CC5)nn4)c3C2=O)ccc1OC. The number of carbonyl (C=O) groups is 6. The summed E-state index contributed by atoms with van der Waals surface area (Å²) in [6, 6.07) is 10.4. The maximum absolute atomic E-state index is 15.5. The molecule has 8 rings (SSSR count). The van der Waals surface area contributed by atoms with Crippen LogP contribution in [-0.2, 0) is 43.7 Å². The van der Waals surface area contributed by atoms with Crippen LogP contribution in [0.1, 0.15) is 111 Å². The summed E-state index contributed by atoms with van der Waals surface area (Å²) in [6.07, 6.45) is 5.66. The number of ether oxygens (including phenoxy) is 2. The van der Waals surface area contributed by atoms with E-state index in [9.17, 15) is 37.2 Å². The van der Waals surface area contributed by atoms with Crippen molar-refractivity contribution in [3.05, 3.63) is 99.6 Å². The van der Waals surface area contributed by atoms with E-state index in [1.54, 1.807) is 41.9 Å². The van der Waals surface area contributed by atoms with Gasteiger partial charge in [-0.05, 0) is 105 Å². The molecule has 2 N–H and O–H groups in total. The van der Waals surface area contributed by atoms with Crippen LogP contribution in [0.15, 0.2) is 54.7 Å². The summed E-state index contributed by atoms with van der Waals surface area (Å²) >= 11 is 0. The number of benzene rings is 3. The molecule has 0 radical (unpaired) electrons. The molecule has 1 unspecified atom stereocenters. The van der Waals surface area contributed by atoms with Crippen molar-refractivity contribution in [1.82, 2.24) is 35.0 Å². The van der Waals surface area contributed by atoms with Gasteiger partial charge in [0.25, 0.3) is 17.7 Å². The Morgan fingerprint density at radius 2 is 1.76 bits per heavy atom. The molecule has 2 fully saturated rings. The Morgan fingerprint density at radius 1 is 0.970 bits per heavy atom. The third-order valence-electron chi connectivity index (χ3n) is 12.6. The van der Waals surface area contributed by atoms with E-state index in [1.165, 1.54) is 30.2 Å². The lowest BCUT2D eigenvalue weighted by atomic mass is 9.87. The second-order valence-corrected chi connectivity index (χ2v) is 19.3. The Kier molecular flexibility index (Phi) is 13.3. The van der Waals surface area contributed by atoms with Crippen LogP contribution in [0.25, 0.3) is 0 Å².